The van der Waals surface area contributed by atoms with E-state index in [0.29, 0.717) is 13.2 Å². The average molecular weight is 310 g/mol. The fourth-order valence-electron chi connectivity index (χ4n) is 2.17. The molecule has 3 nitrogen and oxygen atoms in total. The van der Waals surface area contributed by atoms with Gasteiger partial charge < -0.3 is 10.5 Å². The Labute approximate surface area is 134 Å². The molecule has 2 N–H and O–H groups in total. The van der Waals surface area contributed by atoms with Gasteiger partial charge in [0.1, 0.15) is 12.4 Å². The van der Waals surface area contributed by atoms with Crippen LogP contribution in [-0.4, -0.2) is 11.5 Å². The third kappa shape index (κ3) is 3.72. The minimum Gasteiger partial charge on any atom is -0.489 e. The van der Waals surface area contributed by atoms with Gasteiger partial charge in [-0.1, -0.05) is 42.5 Å². The molecule has 0 aliphatic heterocycles. The molecule has 4 heteroatoms. The third-order valence-corrected chi connectivity index (χ3v) is 4.20. The average Bonchev–Trinajstić information content (AvgIpc) is 3.03. The summed E-state index contributed by atoms with van der Waals surface area (Å²) in [5.74, 6) is 0.856. The Balaban J connectivity index is 1.71. The van der Waals surface area contributed by atoms with E-state index in [0.717, 1.165) is 34.0 Å². The topological polar surface area (TPSA) is 48.1 Å². The first kappa shape index (κ1) is 14.8. The second kappa shape index (κ2) is 7.20. The lowest BCUT2D eigenvalue weighted by Crippen LogP contribution is -2.02. The zero-order chi connectivity index (χ0) is 15.2. The van der Waals surface area contributed by atoms with Gasteiger partial charge in [-0.25, -0.2) is 4.98 Å². The number of ether oxygens (including phenoxy) is 1. The van der Waals surface area contributed by atoms with E-state index in [1.807, 2.05) is 36.4 Å². The van der Waals surface area contributed by atoms with Gasteiger partial charge in [-0.05, 0) is 24.2 Å². The number of nitrogens with zero attached hydrogens (tertiary/aromatic N) is 1. The van der Waals surface area contributed by atoms with E-state index in [1.165, 1.54) is 0 Å². The second-order valence-corrected chi connectivity index (χ2v) is 5.91. The van der Waals surface area contributed by atoms with Crippen molar-refractivity contribution in [3.8, 4) is 17.0 Å². The Morgan fingerprint density at radius 1 is 1.05 bits per heavy atom. The van der Waals surface area contributed by atoms with Crippen LogP contribution in [0.5, 0.6) is 5.75 Å². The molecule has 3 rings (SSSR count). The van der Waals surface area contributed by atoms with Crippen molar-refractivity contribution < 1.29 is 4.74 Å². The number of rotatable bonds is 6. The summed E-state index contributed by atoms with van der Waals surface area (Å²) >= 11 is 1.65. The highest BCUT2D eigenvalue weighted by Gasteiger charge is 2.05. The van der Waals surface area contributed by atoms with Crippen LogP contribution in [0.4, 0.5) is 0 Å². The summed E-state index contributed by atoms with van der Waals surface area (Å²) in [7, 11) is 0. The van der Waals surface area contributed by atoms with Crippen LogP contribution >= 0.6 is 11.3 Å². The van der Waals surface area contributed by atoms with Crippen LogP contribution in [0.2, 0.25) is 0 Å². The highest BCUT2D eigenvalue weighted by Crippen LogP contribution is 2.26. The van der Waals surface area contributed by atoms with E-state index >= 15 is 0 Å². The molecule has 112 valence electrons. The lowest BCUT2D eigenvalue weighted by molar-refractivity contribution is 0.306. The van der Waals surface area contributed by atoms with E-state index in [9.17, 15) is 0 Å². The predicted octanol–water partition coefficient (Wildman–Crippen LogP) is 3.89. The van der Waals surface area contributed by atoms with Gasteiger partial charge in [0.2, 0.25) is 0 Å². The molecule has 0 radical (unpaired) electrons. The minimum atomic E-state index is 0.569. The molecule has 3 aromatic rings. The molecule has 0 spiro atoms. The quantitative estimate of drug-likeness (QED) is 0.751. The summed E-state index contributed by atoms with van der Waals surface area (Å²) in [6.45, 7) is 1.20. The highest BCUT2D eigenvalue weighted by molar-refractivity contribution is 7.09. The number of hydrogen-bond acceptors (Lipinski definition) is 4. The Hall–Kier alpha value is -2.17. The minimum absolute atomic E-state index is 0.569. The number of benzene rings is 2. The molecular weight excluding hydrogens is 292 g/mol. The Morgan fingerprint density at radius 2 is 1.91 bits per heavy atom. The first-order valence-corrected chi connectivity index (χ1v) is 8.15. The second-order valence-electron chi connectivity index (χ2n) is 4.97. The molecular formula is C18H18N2OS. The van der Waals surface area contributed by atoms with Crippen LogP contribution in [0.25, 0.3) is 11.3 Å². The number of thiazole rings is 1. The molecule has 0 aliphatic carbocycles. The van der Waals surface area contributed by atoms with Crippen LogP contribution in [0.15, 0.2) is 60.0 Å². The summed E-state index contributed by atoms with van der Waals surface area (Å²) in [5, 5.41) is 3.15. The van der Waals surface area contributed by atoms with Crippen molar-refractivity contribution >= 4 is 11.3 Å². The van der Waals surface area contributed by atoms with Crippen molar-refractivity contribution in [1.82, 2.24) is 4.98 Å². The summed E-state index contributed by atoms with van der Waals surface area (Å²) < 4.78 is 5.86. The van der Waals surface area contributed by atoms with Gasteiger partial charge >= 0.3 is 0 Å². The van der Waals surface area contributed by atoms with Crippen molar-refractivity contribution in [2.75, 3.05) is 6.54 Å². The Morgan fingerprint density at radius 3 is 2.73 bits per heavy atom. The summed E-state index contributed by atoms with van der Waals surface area (Å²) in [6.07, 6.45) is 0.828. The smallest absolute Gasteiger partial charge is 0.120 e. The van der Waals surface area contributed by atoms with Crippen LogP contribution < -0.4 is 10.5 Å². The van der Waals surface area contributed by atoms with Gasteiger partial charge in [-0.3, -0.25) is 0 Å². The summed E-state index contributed by atoms with van der Waals surface area (Å²) in [5.41, 5.74) is 8.79. The van der Waals surface area contributed by atoms with Crippen molar-refractivity contribution in [2.24, 2.45) is 5.73 Å². The van der Waals surface area contributed by atoms with Crippen molar-refractivity contribution in [2.45, 2.75) is 13.0 Å². The first-order valence-electron chi connectivity index (χ1n) is 7.27. The molecule has 1 aromatic heterocycles. The number of nitrogens with two attached hydrogens (primary N) is 1. The lowest BCUT2D eigenvalue weighted by atomic mass is 10.1. The zero-order valence-electron chi connectivity index (χ0n) is 12.2. The van der Waals surface area contributed by atoms with Crippen LogP contribution in [0, 0.1) is 0 Å². The standard InChI is InChI=1S/C18H18N2OS/c19-10-9-18-20-17(13-22-18)15-7-4-8-16(11-15)21-12-14-5-2-1-3-6-14/h1-8,11,13H,9-10,12,19H2. The van der Waals surface area contributed by atoms with Crippen molar-refractivity contribution in [1.29, 1.82) is 0 Å². The van der Waals surface area contributed by atoms with E-state index in [4.69, 9.17) is 10.5 Å². The molecule has 1 heterocycles. The molecule has 0 fully saturated rings. The van der Waals surface area contributed by atoms with Crippen molar-refractivity contribution in [3.05, 3.63) is 70.5 Å². The molecule has 22 heavy (non-hydrogen) atoms. The number of aromatic nitrogens is 1. The SMILES string of the molecule is NCCc1nc(-c2cccc(OCc3ccccc3)c2)cs1. The van der Waals surface area contributed by atoms with E-state index < -0.39 is 0 Å². The van der Waals surface area contributed by atoms with Crippen LogP contribution in [-0.2, 0) is 13.0 Å². The molecule has 2 aromatic carbocycles. The fourth-order valence-corrected chi connectivity index (χ4v) is 2.99. The normalized spacial score (nSPS) is 10.6. The van der Waals surface area contributed by atoms with Gasteiger partial charge in [0.05, 0.1) is 10.7 Å². The monoisotopic (exact) mass is 310 g/mol. The molecule has 0 amide bonds. The zero-order valence-corrected chi connectivity index (χ0v) is 13.1. The van der Waals surface area contributed by atoms with Gasteiger partial charge in [-0.2, -0.15) is 0 Å². The lowest BCUT2D eigenvalue weighted by Gasteiger charge is -2.07. The molecule has 0 unspecified atom stereocenters. The molecule has 0 bridgehead atoms. The Kier molecular flexibility index (Phi) is 4.83. The van der Waals surface area contributed by atoms with Gasteiger partial charge in [-0.15, -0.1) is 11.3 Å². The maximum Gasteiger partial charge on any atom is 0.120 e. The predicted molar refractivity (Wildman–Crippen MR) is 91.1 cm³/mol. The van der Waals surface area contributed by atoms with E-state index in [2.05, 4.69) is 28.6 Å². The van der Waals surface area contributed by atoms with Gasteiger partial charge in [0, 0.05) is 17.4 Å². The highest BCUT2D eigenvalue weighted by atomic mass is 32.1. The Bertz CT molecular complexity index is 725. The van der Waals surface area contributed by atoms with E-state index in [-0.39, 0.29) is 0 Å². The maximum atomic E-state index is 5.86. The van der Waals surface area contributed by atoms with Gasteiger partial charge in [0.15, 0.2) is 0 Å². The molecule has 0 atom stereocenters. The first-order chi connectivity index (χ1) is 10.8. The van der Waals surface area contributed by atoms with E-state index in [1.54, 1.807) is 11.3 Å². The van der Waals surface area contributed by atoms with Crippen molar-refractivity contribution in [3.63, 3.8) is 0 Å². The summed E-state index contributed by atoms with van der Waals surface area (Å²) in [4.78, 5) is 4.61. The largest absolute Gasteiger partial charge is 0.489 e. The molecule has 0 saturated heterocycles. The maximum absolute atomic E-state index is 5.86. The molecule has 0 aliphatic rings. The van der Waals surface area contributed by atoms with Gasteiger partial charge in [0.25, 0.3) is 0 Å². The number of hydrogen-bond donors (Lipinski definition) is 1. The molecule has 0 saturated carbocycles. The fraction of sp³-hybridized carbons (Fsp3) is 0.167. The van der Waals surface area contributed by atoms with Crippen LogP contribution in [0.3, 0.4) is 0 Å². The third-order valence-electron chi connectivity index (χ3n) is 3.29. The van der Waals surface area contributed by atoms with Crippen LogP contribution in [0.1, 0.15) is 10.6 Å². The summed E-state index contributed by atoms with van der Waals surface area (Å²) in [6, 6.07) is 18.2.